The highest BCUT2D eigenvalue weighted by molar-refractivity contribution is 6.52. The van der Waals surface area contributed by atoms with Gasteiger partial charge in [0.05, 0.1) is 31.1 Å². The molecule has 7 heteroatoms. The van der Waals surface area contributed by atoms with E-state index in [4.69, 9.17) is 14.5 Å². The second-order valence-corrected chi connectivity index (χ2v) is 8.48. The Bertz CT molecular complexity index is 1710. The number of methoxy groups -OCH3 is 2. The molecule has 0 bridgehead atoms. The van der Waals surface area contributed by atoms with Crippen LogP contribution >= 0.6 is 0 Å². The van der Waals surface area contributed by atoms with Crippen LogP contribution in [0, 0.1) is 0 Å². The topological polar surface area (TPSA) is 93.3 Å². The van der Waals surface area contributed by atoms with Gasteiger partial charge in [-0.3, -0.25) is 9.59 Å². The molecule has 5 aromatic rings. The summed E-state index contributed by atoms with van der Waals surface area (Å²) in [4.78, 5) is 33.9. The number of H-pyrrole nitrogens is 1. The number of anilines is 1. The summed E-state index contributed by atoms with van der Waals surface area (Å²) >= 11 is 0. The zero-order chi connectivity index (χ0) is 24.8. The number of benzene rings is 3. The lowest BCUT2D eigenvalue weighted by Gasteiger charge is -2.16. The Kier molecular flexibility index (Phi) is 5.04. The summed E-state index contributed by atoms with van der Waals surface area (Å²) in [5.74, 6) is 0.554. The summed E-state index contributed by atoms with van der Waals surface area (Å²) in [7, 11) is 3.19. The van der Waals surface area contributed by atoms with Crippen molar-refractivity contribution in [1.29, 1.82) is 0 Å². The Morgan fingerprint density at radius 1 is 0.806 bits per heavy atom. The molecule has 2 heterocycles. The molecule has 0 saturated carbocycles. The van der Waals surface area contributed by atoms with E-state index in [9.17, 15) is 9.59 Å². The molecule has 2 N–H and O–H groups in total. The number of hydrogen-bond acceptors (Lipinski definition) is 6. The van der Waals surface area contributed by atoms with Crippen LogP contribution in [0.5, 0.6) is 11.5 Å². The number of Topliss-reactive ketones (excluding diaryl/α,β-unsaturated/α-hetero) is 2. The Morgan fingerprint density at radius 2 is 1.53 bits per heavy atom. The van der Waals surface area contributed by atoms with Gasteiger partial charge in [0.1, 0.15) is 17.3 Å². The second-order valence-electron chi connectivity index (χ2n) is 8.48. The van der Waals surface area contributed by atoms with E-state index < -0.39 is 11.6 Å². The van der Waals surface area contributed by atoms with E-state index in [2.05, 4.69) is 10.3 Å². The number of allylic oxidation sites excluding steroid dienone is 1. The van der Waals surface area contributed by atoms with Crippen molar-refractivity contribution in [2.45, 2.75) is 0 Å². The van der Waals surface area contributed by atoms with Gasteiger partial charge in [0, 0.05) is 33.5 Å². The summed E-state index contributed by atoms with van der Waals surface area (Å²) < 4.78 is 11.0. The third kappa shape index (κ3) is 3.49. The third-order valence-electron chi connectivity index (χ3n) is 6.34. The molecule has 0 amide bonds. The Hall–Kier alpha value is -4.91. The van der Waals surface area contributed by atoms with Crippen LogP contribution in [0.4, 0.5) is 5.82 Å². The van der Waals surface area contributed by atoms with Crippen molar-refractivity contribution in [1.82, 2.24) is 9.97 Å². The highest BCUT2D eigenvalue weighted by atomic mass is 16.5. The quantitative estimate of drug-likeness (QED) is 0.321. The van der Waals surface area contributed by atoms with Crippen LogP contribution in [0.15, 0.2) is 78.5 Å². The predicted molar refractivity (Wildman–Crippen MR) is 140 cm³/mol. The summed E-state index contributed by atoms with van der Waals surface area (Å²) in [6.45, 7) is 0. The van der Waals surface area contributed by atoms with E-state index >= 15 is 0 Å². The first-order valence-corrected chi connectivity index (χ1v) is 11.4. The van der Waals surface area contributed by atoms with E-state index in [1.807, 2.05) is 54.6 Å². The van der Waals surface area contributed by atoms with Gasteiger partial charge in [0.15, 0.2) is 0 Å². The lowest BCUT2D eigenvalue weighted by Crippen LogP contribution is -2.25. The minimum absolute atomic E-state index is 0.180. The molecule has 0 atom stereocenters. The fourth-order valence-electron chi connectivity index (χ4n) is 4.59. The summed E-state index contributed by atoms with van der Waals surface area (Å²) in [5.41, 5.74) is 4.49. The zero-order valence-corrected chi connectivity index (χ0v) is 19.6. The SMILES string of the molecule is COc1cc(OC)cc(-c2nc(NC3=Cc4ccccc4C(=O)C3=O)cc3c2[nH]c2ccccc23)c1. The molecular weight excluding hydrogens is 454 g/mol. The molecule has 0 saturated heterocycles. The lowest BCUT2D eigenvalue weighted by molar-refractivity contribution is -0.111. The fourth-order valence-corrected chi connectivity index (χ4v) is 4.59. The predicted octanol–water partition coefficient (Wildman–Crippen LogP) is 5.62. The Balaban J connectivity index is 1.56. The molecule has 0 aliphatic heterocycles. The molecule has 176 valence electrons. The van der Waals surface area contributed by atoms with Gasteiger partial charge in [-0.15, -0.1) is 0 Å². The number of pyridine rings is 1. The fraction of sp³-hybridized carbons (Fsp3) is 0.0690. The number of nitrogens with one attached hydrogen (secondary N) is 2. The number of rotatable bonds is 5. The normalized spacial score (nSPS) is 13.0. The minimum atomic E-state index is -0.598. The summed E-state index contributed by atoms with van der Waals surface area (Å²) in [6, 6.07) is 22.5. The maximum absolute atomic E-state index is 12.9. The first-order chi connectivity index (χ1) is 17.6. The molecule has 0 fully saturated rings. The van der Waals surface area contributed by atoms with Crippen LogP contribution in [0.2, 0.25) is 0 Å². The largest absolute Gasteiger partial charge is 0.497 e. The smallest absolute Gasteiger partial charge is 0.249 e. The van der Waals surface area contributed by atoms with E-state index in [1.54, 1.807) is 38.5 Å². The van der Waals surface area contributed by atoms with Gasteiger partial charge in [-0.25, -0.2) is 4.98 Å². The highest BCUT2D eigenvalue weighted by Gasteiger charge is 2.28. The number of nitrogens with zero attached hydrogens (tertiary/aromatic N) is 1. The van der Waals surface area contributed by atoms with Gasteiger partial charge in [0.25, 0.3) is 0 Å². The number of aromatic amines is 1. The molecule has 6 rings (SSSR count). The molecule has 0 radical (unpaired) electrons. The first-order valence-electron chi connectivity index (χ1n) is 11.4. The van der Waals surface area contributed by atoms with Crippen LogP contribution in [0.3, 0.4) is 0 Å². The number of carbonyl (C=O) groups excluding carboxylic acids is 2. The number of ketones is 2. The standard InChI is InChI=1S/C29H21N3O4/c1-35-18-11-17(12-19(14-18)36-2)26-27-22(21-9-5-6-10-23(21)31-27)15-25(32-26)30-24-13-16-7-3-4-8-20(16)28(33)29(24)34/h3-15,31H,1-2H3,(H,30,32). The number of aromatic nitrogens is 2. The monoisotopic (exact) mass is 475 g/mol. The van der Waals surface area contributed by atoms with E-state index in [-0.39, 0.29) is 5.70 Å². The van der Waals surface area contributed by atoms with Crippen molar-refractivity contribution >= 4 is 45.3 Å². The summed E-state index contributed by atoms with van der Waals surface area (Å²) in [5, 5.41) is 5.06. The van der Waals surface area contributed by atoms with Gasteiger partial charge in [-0.2, -0.15) is 0 Å². The maximum atomic E-state index is 12.9. The van der Waals surface area contributed by atoms with Crippen molar-refractivity contribution in [3.05, 3.63) is 89.6 Å². The average molecular weight is 476 g/mol. The zero-order valence-electron chi connectivity index (χ0n) is 19.6. The van der Waals surface area contributed by atoms with E-state index in [0.717, 1.165) is 27.4 Å². The van der Waals surface area contributed by atoms with Gasteiger partial charge in [0.2, 0.25) is 11.6 Å². The average Bonchev–Trinajstić information content (AvgIpc) is 3.29. The highest BCUT2D eigenvalue weighted by Crippen LogP contribution is 2.37. The van der Waals surface area contributed by atoms with Gasteiger partial charge in [-0.05, 0) is 35.9 Å². The van der Waals surface area contributed by atoms with Crippen molar-refractivity contribution in [3.63, 3.8) is 0 Å². The number of carbonyl (C=O) groups is 2. The van der Waals surface area contributed by atoms with Gasteiger partial charge >= 0.3 is 0 Å². The maximum Gasteiger partial charge on any atom is 0.249 e. The molecule has 0 unspecified atom stereocenters. The number of hydrogen-bond donors (Lipinski definition) is 2. The number of fused-ring (bicyclic) bond motifs is 4. The molecule has 1 aliphatic carbocycles. The second kappa shape index (κ2) is 8.39. The lowest BCUT2D eigenvalue weighted by atomic mass is 9.93. The van der Waals surface area contributed by atoms with Crippen LogP contribution in [-0.2, 0) is 4.79 Å². The molecule has 1 aliphatic rings. The van der Waals surface area contributed by atoms with Crippen LogP contribution in [0.25, 0.3) is 39.1 Å². The molecule has 36 heavy (non-hydrogen) atoms. The Morgan fingerprint density at radius 3 is 2.31 bits per heavy atom. The molecule has 3 aromatic carbocycles. The molecule has 2 aromatic heterocycles. The summed E-state index contributed by atoms with van der Waals surface area (Å²) in [6.07, 6.45) is 1.69. The van der Waals surface area contributed by atoms with Gasteiger partial charge < -0.3 is 19.8 Å². The van der Waals surface area contributed by atoms with Crippen molar-refractivity contribution < 1.29 is 19.1 Å². The van der Waals surface area contributed by atoms with Crippen LogP contribution in [-0.4, -0.2) is 35.8 Å². The number of para-hydroxylation sites is 1. The third-order valence-corrected chi connectivity index (χ3v) is 6.34. The van der Waals surface area contributed by atoms with E-state index in [0.29, 0.717) is 34.1 Å². The number of ether oxygens (including phenoxy) is 2. The van der Waals surface area contributed by atoms with Crippen LogP contribution < -0.4 is 14.8 Å². The van der Waals surface area contributed by atoms with Crippen molar-refractivity contribution in [2.75, 3.05) is 19.5 Å². The molecule has 0 spiro atoms. The Labute approximate surface area is 206 Å². The van der Waals surface area contributed by atoms with Crippen molar-refractivity contribution in [3.8, 4) is 22.8 Å². The van der Waals surface area contributed by atoms with Crippen molar-refractivity contribution in [2.24, 2.45) is 0 Å². The minimum Gasteiger partial charge on any atom is -0.497 e. The molecular formula is C29H21N3O4. The van der Waals surface area contributed by atoms with Gasteiger partial charge in [-0.1, -0.05) is 42.5 Å². The molecule has 7 nitrogen and oxygen atoms in total. The first kappa shape index (κ1) is 21.6. The van der Waals surface area contributed by atoms with Crippen LogP contribution in [0.1, 0.15) is 15.9 Å². The van der Waals surface area contributed by atoms with E-state index in [1.165, 1.54) is 0 Å².